The van der Waals surface area contributed by atoms with Crippen molar-refractivity contribution >= 4 is 45.2 Å². The maximum Gasteiger partial charge on any atom is 1.00 e. The zero-order valence-corrected chi connectivity index (χ0v) is 27.6. The van der Waals surface area contributed by atoms with E-state index < -0.39 is 21.9 Å². The molecule has 41 heavy (non-hydrogen) atoms. The molecule has 0 aliphatic heterocycles. The number of nitrogens with one attached hydrogen (secondary N) is 1. The van der Waals surface area contributed by atoms with E-state index in [1.54, 1.807) is 30.3 Å². The number of hydrogen-bond donors (Lipinski definition) is 1. The summed E-state index contributed by atoms with van der Waals surface area (Å²) in [7, 11) is -3.81. The Bertz CT molecular complexity index is 1040. The summed E-state index contributed by atoms with van der Waals surface area (Å²) in [5.74, 6) is 2.09. The smallest absolute Gasteiger partial charge is 0.549 e. The summed E-state index contributed by atoms with van der Waals surface area (Å²) in [5, 5.41) is 11.9. The Morgan fingerprint density at radius 1 is 0.805 bits per heavy atom. The van der Waals surface area contributed by atoms with Crippen LogP contribution in [0.15, 0.2) is 59.5 Å². The first-order valence-electron chi connectivity index (χ1n) is 14.6. The number of hydrogen-bond acceptors (Lipinski definition) is 7. The van der Waals surface area contributed by atoms with E-state index in [4.69, 9.17) is 0 Å². The molecule has 0 saturated heterocycles. The molecule has 0 amide bonds. The summed E-state index contributed by atoms with van der Waals surface area (Å²) in [6, 6.07) is 15.4. The van der Waals surface area contributed by atoms with Crippen molar-refractivity contribution in [2.75, 3.05) is 47.5 Å². The molecule has 0 bridgehead atoms. The number of thioether (sulfide) groups is 2. The number of anilines is 1. The third-order valence-corrected chi connectivity index (χ3v) is 10.3. The molecule has 0 aliphatic carbocycles. The van der Waals surface area contributed by atoms with E-state index in [1.165, 1.54) is 75.0 Å². The van der Waals surface area contributed by atoms with Crippen molar-refractivity contribution in [3.63, 3.8) is 0 Å². The van der Waals surface area contributed by atoms with Crippen LogP contribution in [0.4, 0.5) is 5.69 Å². The molecule has 0 saturated carbocycles. The third kappa shape index (κ3) is 15.3. The van der Waals surface area contributed by atoms with Crippen LogP contribution in [-0.2, 0) is 14.8 Å². The van der Waals surface area contributed by atoms with Crippen LogP contribution in [0.25, 0.3) is 0 Å². The van der Waals surface area contributed by atoms with Crippen LogP contribution >= 0.6 is 23.5 Å². The summed E-state index contributed by atoms with van der Waals surface area (Å²) < 4.78 is 27.6. The predicted octanol–water partition coefficient (Wildman–Crippen LogP) is 2.94. The Labute approximate surface area is 269 Å². The topological polar surface area (TPSA) is 89.5 Å². The molecule has 2 aromatic carbocycles. The van der Waals surface area contributed by atoms with Crippen molar-refractivity contribution in [3.05, 3.63) is 60.2 Å². The first-order valence-corrected chi connectivity index (χ1v) is 18.4. The number of rotatable bonds is 23. The number of nitrogens with zero attached hydrogens (tertiary/aromatic N) is 1. The number of carboxylic acid groups (broad SMARTS) is 1. The molecule has 10 heteroatoms. The van der Waals surface area contributed by atoms with Crippen molar-refractivity contribution in [2.24, 2.45) is 0 Å². The van der Waals surface area contributed by atoms with Gasteiger partial charge in [-0.25, -0.2) is 13.1 Å². The third-order valence-electron chi connectivity index (χ3n) is 6.77. The fraction of sp³-hybridized carbons (Fsp3) is 0.581. The molecule has 0 aromatic heterocycles. The van der Waals surface area contributed by atoms with Crippen molar-refractivity contribution in [1.82, 2.24) is 4.72 Å². The molecule has 1 unspecified atom stereocenters. The molecule has 2 aromatic rings. The van der Waals surface area contributed by atoms with Gasteiger partial charge in [-0.05, 0) is 54.2 Å². The minimum atomic E-state index is -3.81. The zero-order valence-electron chi connectivity index (χ0n) is 25.2. The van der Waals surface area contributed by atoms with Gasteiger partial charge in [-0.15, -0.1) is 0 Å². The van der Waals surface area contributed by atoms with Crippen molar-refractivity contribution < 1.29 is 37.2 Å². The molecule has 1 atom stereocenters. The fourth-order valence-corrected chi connectivity index (χ4v) is 7.31. The first kappa shape index (κ1) is 37.9. The summed E-state index contributed by atoms with van der Waals surface area (Å²) in [4.78, 5) is 14.4. The van der Waals surface area contributed by atoms with Crippen LogP contribution in [0.5, 0.6) is 0 Å². The van der Waals surface area contributed by atoms with Crippen molar-refractivity contribution in [2.45, 2.75) is 76.0 Å². The van der Waals surface area contributed by atoms with Gasteiger partial charge in [0, 0.05) is 42.7 Å². The minimum Gasteiger partial charge on any atom is -0.549 e. The van der Waals surface area contributed by atoms with Crippen LogP contribution in [0.3, 0.4) is 0 Å². The largest absolute Gasteiger partial charge is 1.00 e. The molecular weight excluding hydrogens is 567 g/mol. The quantitative estimate of drug-likeness (QED) is 0.152. The van der Waals surface area contributed by atoms with Crippen LogP contribution in [0.2, 0.25) is 0 Å². The van der Waals surface area contributed by atoms with Gasteiger partial charge in [-0.1, -0.05) is 82.7 Å². The Balaban J connectivity index is 0.00000840. The van der Waals surface area contributed by atoms with Gasteiger partial charge in [0.05, 0.1) is 10.9 Å². The Kier molecular flexibility index (Phi) is 20.8. The molecule has 6 nitrogen and oxygen atoms in total. The number of benzene rings is 2. The molecule has 0 fully saturated rings. The zero-order chi connectivity index (χ0) is 29.1. The maximum atomic E-state index is 12.6. The number of aliphatic carboxylic acids is 1. The molecular formula is C31H47LiN2O4S3. The second-order valence-corrected chi connectivity index (χ2v) is 14.2. The molecule has 0 heterocycles. The molecule has 0 radical (unpaired) electrons. The van der Waals surface area contributed by atoms with Crippen molar-refractivity contribution in [1.29, 1.82) is 0 Å². The van der Waals surface area contributed by atoms with Gasteiger partial charge < -0.3 is 14.8 Å². The van der Waals surface area contributed by atoms with E-state index in [0.29, 0.717) is 5.56 Å². The number of carbonyl (C=O) groups is 1. The first-order chi connectivity index (χ1) is 19.4. The van der Waals surface area contributed by atoms with E-state index >= 15 is 0 Å². The molecule has 0 aliphatic rings. The van der Waals surface area contributed by atoms with Gasteiger partial charge in [-0.2, -0.15) is 23.5 Å². The fourth-order valence-electron chi connectivity index (χ4n) is 4.32. The normalized spacial score (nSPS) is 12.0. The van der Waals surface area contributed by atoms with Crippen molar-refractivity contribution in [3.8, 4) is 0 Å². The van der Waals surface area contributed by atoms with E-state index in [1.807, 2.05) is 35.7 Å². The predicted molar refractivity (Wildman–Crippen MR) is 171 cm³/mol. The van der Waals surface area contributed by atoms with E-state index in [0.717, 1.165) is 30.3 Å². The van der Waals surface area contributed by atoms with E-state index in [2.05, 4.69) is 23.5 Å². The van der Waals surface area contributed by atoms with Gasteiger partial charge in [0.15, 0.2) is 0 Å². The van der Waals surface area contributed by atoms with Gasteiger partial charge in [-0.3, -0.25) is 0 Å². The van der Waals surface area contributed by atoms with Crippen LogP contribution < -0.4 is 33.6 Å². The molecule has 224 valence electrons. The van der Waals surface area contributed by atoms with Crippen LogP contribution in [0, 0.1) is 0 Å². The van der Waals surface area contributed by atoms with Crippen LogP contribution in [0.1, 0.15) is 76.7 Å². The summed E-state index contributed by atoms with van der Waals surface area (Å²) in [6.45, 7) is 6.07. The Morgan fingerprint density at radius 2 is 1.34 bits per heavy atom. The maximum absolute atomic E-state index is 12.6. The summed E-state index contributed by atoms with van der Waals surface area (Å²) >= 11 is 4.00. The Morgan fingerprint density at radius 3 is 1.83 bits per heavy atom. The monoisotopic (exact) mass is 614 g/mol. The summed E-state index contributed by atoms with van der Waals surface area (Å²) in [5.41, 5.74) is 1.58. The number of unbranched alkanes of at least 4 members (excludes halogenated alkanes) is 6. The second-order valence-electron chi connectivity index (χ2n) is 9.96. The van der Waals surface area contributed by atoms with Gasteiger partial charge in [0.1, 0.15) is 0 Å². The van der Waals surface area contributed by atoms with Gasteiger partial charge in [0.25, 0.3) is 0 Å². The van der Waals surface area contributed by atoms with Gasteiger partial charge in [0.2, 0.25) is 10.0 Å². The summed E-state index contributed by atoms with van der Waals surface area (Å²) in [6.07, 6.45) is 10.2. The Hall–Kier alpha value is -1.08. The van der Waals surface area contributed by atoms with E-state index in [9.17, 15) is 18.3 Å². The minimum absolute atomic E-state index is 0. The van der Waals surface area contributed by atoms with E-state index in [-0.39, 0.29) is 30.3 Å². The standard InChI is InChI=1S/C31H48N2O4S3.Li/c1-3-5-7-12-22-38-24-20-33(21-25-39-23-13-8-6-4-2)28-18-16-27(17-19-28)30(31(34)35)26-32-40(36,37)29-14-10-9-11-15-29;/h9-11,14-19,30,32H,3-8,12-13,20-26H2,1-2H3,(H,34,35);/q;+1/p-1. The number of sulfonamides is 1. The SMILES string of the molecule is CCCCCCSCCN(CCSCCCCCC)c1ccc(C(CNS(=O)(=O)c2ccccc2)C(=O)[O-])cc1.[Li+]. The number of carbonyl (C=O) groups excluding carboxylic acids is 1. The van der Waals surface area contributed by atoms with Crippen LogP contribution in [-0.4, -0.2) is 57.0 Å². The number of carboxylic acids is 1. The molecule has 1 N–H and O–H groups in total. The second kappa shape index (κ2) is 22.5. The molecule has 0 spiro atoms. The van der Waals surface area contributed by atoms with Gasteiger partial charge >= 0.3 is 18.9 Å². The average Bonchev–Trinajstić information content (AvgIpc) is 2.96. The molecule has 2 rings (SSSR count). The average molecular weight is 615 g/mol.